The molecule has 96 valence electrons. The van der Waals surface area contributed by atoms with Crippen LogP contribution in [0.15, 0.2) is 0 Å². The lowest BCUT2D eigenvalue weighted by atomic mass is 10.0. The van der Waals surface area contributed by atoms with Gasteiger partial charge in [-0.3, -0.25) is 0 Å². The quantitative estimate of drug-likeness (QED) is 0.506. The number of hydrogen-bond acceptors (Lipinski definition) is 4. The number of aliphatic hydroxyl groups is 2. The van der Waals surface area contributed by atoms with E-state index in [0.717, 1.165) is 18.9 Å². The van der Waals surface area contributed by atoms with Crippen molar-refractivity contribution in [3.8, 4) is 0 Å². The smallest absolute Gasteiger partial charge is 0.0698 e. The van der Waals surface area contributed by atoms with Crippen molar-refractivity contribution in [3.63, 3.8) is 0 Å². The fourth-order valence-electron chi connectivity index (χ4n) is 2.29. The Morgan fingerprint density at radius 1 is 1.25 bits per heavy atom. The Labute approximate surface area is 98.0 Å². The van der Waals surface area contributed by atoms with Gasteiger partial charge in [-0.1, -0.05) is 25.7 Å². The Bertz CT molecular complexity index is 160. The summed E-state index contributed by atoms with van der Waals surface area (Å²) in [6, 6.07) is 0. The van der Waals surface area contributed by atoms with Gasteiger partial charge in [0.15, 0.2) is 0 Å². The van der Waals surface area contributed by atoms with Crippen LogP contribution in [0.25, 0.3) is 0 Å². The summed E-state index contributed by atoms with van der Waals surface area (Å²) in [7, 11) is 0. The fraction of sp³-hybridized carbons (Fsp3) is 1.00. The summed E-state index contributed by atoms with van der Waals surface area (Å²) >= 11 is 0. The molecule has 4 heteroatoms. The predicted octanol–water partition coefficient (Wildman–Crippen LogP) is 0.526. The largest absolute Gasteiger partial charge is 0.394 e. The van der Waals surface area contributed by atoms with E-state index in [1.54, 1.807) is 0 Å². The van der Waals surface area contributed by atoms with E-state index < -0.39 is 0 Å². The minimum Gasteiger partial charge on any atom is -0.394 e. The molecule has 0 aliphatic heterocycles. The summed E-state index contributed by atoms with van der Waals surface area (Å²) in [5.74, 6) is 0.738. The van der Waals surface area contributed by atoms with Gasteiger partial charge in [-0.2, -0.15) is 0 Å². The first-order valence-electron chi connectivity index (χ1n) is 6.40. The summed E-state index contributed by atoms with van der Waals surface area (Å²) < 4.78 is 5.10. The van der Waals surface area contributed by atoms with Crippen LogP contribution in [0.4, 0.5) is 0 Å². The van der Waals surface area contributed by atoms with Crippen LogP contribution in [0.3, 0.4) is 0 Å². The monoisotopic (exact) mass is 231 g/mol. The first kappa shape index (κ1) is 13.9. The predicted molar refractivity (Wildman–Crippen MR) is 63.4 cm³/mol. The lowest BCUT2D eigenvalue weighted by Crippen LogP contribution is -2.30. The van der Waals surface area contributed by atoms with E-state index in [1.165, 1.54) is 25.7 Å². The van der Waals surface area contributed by atoms with Crippen LogP contribution < -0.4 is 5.32 Å². The molecule has 0 aromatic carbocycles. The highest BCUT2D eigenvalue weighted by Crippen LogP contribution is 2.28. The molecule has 16 heavy (non-hydrogen) atoms. The third-order valence-corrected chi connectivity index (χ3v) is 3.12. The number of nitrogens with one attached hydrogen (secondary N) is 1. The average molecular weight is 231 g/mol. The molecule has 1 aliphatic carbocycles. The van der Waals surface area contributed by atoms with Crippen LogP contribution in [0, 0.1) is 5.92 Å². The first-order chi connectivity index (χ1) is 7.83. The van der Waals surface area contributed by atoms with Crippen molar-refractivity contribution in [1.82, 2.24) is 5.32 Å². The number of ether oxygens (including phenoxy) is 1. The summed E-state index contributed by atoms with van der Waals surface area (Å²) in [5.41, 5.74) is 0. The Kier molecular flexibility index (Phi) is 7.76. The van der Waals surface area contributed by atoms with Crippen molar-refractivity contribution in [2.75, 3.05) is 32.9 Å². The van der Waals surface area contributed by atoms with Crippen LogP contribution in [0.2, 0.25) is 0 Å². The van der Waals surface area contributed by atoms with Gasteiger partial charge in [0.2, 0.25) is 0 Å². The SMILES string of the molecule is OCCOCCNCC(O)CC1CCCC1. The summed E-state index contributed by atoms with van der Waals surface area (Å²) in [6.45, 7) is 2.45. The van der Waals surface area contributed by atoms with Gasteiger partial charge < -0.3 is 20.3 Å². The third kappa shape index (κ3) is 6.43. The minimum absolute atomic E-state index is 0.0737. The molecule has 1 atom stereocenters. The molecule has 1 fully saturated rings. The van der Waals surface area contributed by atoms with Gasteiger partial charge in [0.1, 0.15) is 0 Å². The van der Waals surface area contributed by atoms with Gasteiger partial charge in [-0.25, -0.2) is 0 Å². The average Bonchev–Trinajstić information content (AvgIpc) is 2.76. The van der Waals surface area contributed by atoms with Crippen molar-refractivity contribution in [2.24, 2.45) is 5.92 Å². The minimum atomic E-state index is -0.221. The molecule has 0 bridgehead atoms. The molecule has 0 aromatic heterocycles. The zero-order valence-electron chi connectivity index (χ0n) is 10.0. The molecule has 1 saturated carbocycles. The van der Waals surface area contributed by atoms with Gasteiger partial charge >= 0.3 is 0 Å². The van der Waals surface area contributed by atoms with Crippen molar-refractivity contribution >= 4 is 0 Å². The van der Waals surface area contributed by atoms with Crippen LogP contribution in [-0.4, -0.2) is 49.2 Å². The van der Waals surface area contributed by atoms with E-state index in [2.05, 4.69) is 5.32 Å². The Morgan fingerprint density at radius 2 is 2.00 bits per heavy atom. The van der Waals surface area contributed by atoms with Crippen molar-refractivity contribution in [2.45, 2.75) is 38.2 Å². The van der Waals surface area contributed by atoms with Crippen molar-refractivity contribution in [3.05, 3.63) is 0 Å². The number of aliphatic hydroxyl groups excluding tert-OH is 2. The molecule has 0 radical (unpaired) electrons. The highest BCUT2D eigenvalue weighted by atomic mass is 16.5. The third-order valence-electron chi connectivity index (χ3n) is 3.12. The van der Waals surface area contributed by atoms with E-state index >= 15 is 0 Å². The molecule has 0 aromatic rings. The molecule has 0 spiro atoms. The fourth-order valence-corrected chi connectivity index (χ4v) is 2.29. The maximum Gasteiger partial charge on any atom is 0.0698 e. The molecule has 0 saturated heterocycles. The van der Waals surface area contributed by atoms with E-state index in [1.807, 2.05) is 0 Å². The van der Waals surface area contributed by atoms with E-state index in [-0.39, 0.29) is 12.7 Å². The van der Waals surface area contributed by atoms with E-state index in [0.29, 0.717) is 19.8 Å². The second-order valence-corrected chi connectivity index (χ2v) is 4.58. The maximum atomic E-state index is 9.77. The molecule has 1 rings (SSSR count). The van der Waals surface area contributed by atoms with Crippen LogP contribution in [0.1, 0.15) is 32.1 Å². The molecule has 3 N–H and O–H groups in total. The molecule has 4 nitrogen and oxygen atoms in total. The first-order valence-corrected chi connectivity index (χ1v) is 6.40. The van der Waals surface area contributed by atoms with Gasteiger partial charge in [0, 0.05) is 13.1 Å². The summed E-state index contributed by atoms with van der Waals surface area (Å²) in [4.78, 5) is 0. The van der Waals surface area contributed by atoms with Crippen LogP contribution in [0.5, 0.6) is 0 Å². The summed E-state index contributed by atoms with van der Waals surface area (Å²) in [6.07, 6.45) is 5.96. The van der Waals surface area contributed by atoms with Gasteiger partial charge in [-0.15, -0.1) is 0 Å². The van der Waals surface area contributed by atoms with E-state index in [9.17, 15) is 5.11 Å². The van der Waals surface area contributed by atoms with Gasteiger partial charge in [0.05, 0.1) is 25.9 Å². The normalized spacial score (nSPS) is 19.1. The highest BCUT2D eigenvalue weighted by Gasteiger charge is 2.18. The lowest BCUT2D eigenvalue weighted by molar-refractivity contribution is 0.0893. The number of hydrogen-bond donors (Lipinski definition) is 3. The molecule has 1 aliphatic rings. The molecule has 0 amide bonds. The molecular weight excluding hydrogens is 206 g/mol. The van der Waals surface area contributed by atoms with Crippen LogP contribution >= 0.6 is 0 Å². The lowest BCUT2D eigenvalue weighted by Gasteiger charge is -2.15. The second-order valence-electron chi connectivity index (χ2n) is 4.58. The zero-order chi connectivity index (χ0) is 11.6. The zero-order valence-corrected chi connectivity index (χ0v) is 10.0. The van der Waals surface area contributed by atoms with Crippen molar-refractivity contribution < 1.29 is 14.9 Å². The Hall–Kier alpha value is -0.160. The molecule has 0 heterocycles. The summed E-state index contributed by atoms with van der Waals surface area (Å²) in [5, 5.41) is 21.4. The number of rotatable bonds is 9. The molecular formula is C12H25NO3. The topological polar surface area (TPSA) is 61.7 Å². The van der Waals surface area contributed by atoms with Gasteiger partial charge in [-0.05, 0) is 12.3 Å². The standard InChI is InChI=1S/C12H25NO3/c14-6-8-16-7-5-13-10-12(15)9-11-3-1-2-4-11/h11-15H,1-10H2. The van der Waals surface area contributed by atoms with E-state index in [4.69, 9.17) is 9.84 Å². The Morgan fingerprint density at radius 3 is 2.69 bits per heavy atom. The Balaban J connectivity index is 1.87. The maximum absolute atomic E-state index is 9.77. The molecule has 1 unspecified atom stereocenters. The second kappa shape index (κ2) is 8.93. The van der Waals surface area contributed by atoms with Crippen LogP contribution in [-0.2, 0) is 4.74 Å². The van der Waals surface area contributed by atoms with Crippen molar-refractivity contribution in [1.29, 1.82) is 0 Å². The highest BCUT2D eigenvalue weighted by molar-refractivity contribution is 4.72. The van der Waals surface area contributed by atoms with Gasteiger partial charge in [0.25, 0.3) is 0 Å².